The molecule has 0 bridgehead atoms. The molecule has 0 spiro atoms. The molecule has 0 aliphatic carbocycles. The second-order valence-corrected chi connectivity index (χ2v) is 5.28. The van der Waals surface area contributed by atoms with Gasteiger partial charge in [0, 0.05) is 13.0 Å². The van der Waals surface area contributed by atoms with Gasteiger partial charge in [0.15, 0.2) is 0 Å². The van der Waals surface area contributed by atoms with Gasteiger partial charge in [0.25, 0.3) is 0 Å². The average molecular weight is 313 g/mol. The molecule has 2 amide bonds. The summed E-state index contributed by atoms with van der Waals surface area (Å²) >= 11 is 6.03. The number of aliphatic carboxylic acids is 1. The van der Waals surface area contributed by atoms with Crippen molar-refractivity contribution in [3.63, 3.8) is 0 Å². The molecule has 5 nitrogen and oxygen atoms in total. The van der Waals surface area contributed by atoms with E-state index in [0.717, 1.165) is 24.8 Å². The first-order valence-electron chi connectivity index (χ1n) is 7.02. The number of aryl methyl sites for hydroxylation is 1. The molecule has 0 aromatic heterocycles. The number of hydrogen-bond donors (Lipinski definition) is 3. The van der Waals surface area contributed by atoms with E-state index in [-0.39, 0.29) is 12.5 Å². The summed E-state index contributed by atoms with van der Waals surface area (Å²) in [6.45, 7) is 2.44. The monoisotopic (exact) mass is 312 g/mol. The third-order valence-corrected chi connectivity index (χ3v) is 3.38. The molecule has 116 valence electrons. The van der Waals surface area contributed by atoms with Gasteiger partial charge < -0.3 is 15.7 Å². The molecule has 0 heterocycles. The number of rotatable bonds is 8. The number of para-hydroxylation sites is 1. The Morgan fingerprint density at radius 3 is 2.57 bits per heavy atom. The van der Waals surface area contributed by atoms with Gasteiger partial charge >= 0.3 is 12.0 Å². The van der Waals surface area contributed by atoms with Crippen LogP contribution in [0.4, 0.5) is 10.5 Å². The van der Waals surface area contributed by atoms with Crippen molar-refractivity contribution in [3.05, 3.63) is 28.8 Å². The Morgan fingerprint density at radius 2 is 1.90 bits per heavy atom. The molecule has 21 heavy (non-hydrogen) atoms. The molecule has 1 rings (SSSR count). The van der Waals surface area contributed by atoms with Crippen LogP contribution in [0.1, 0.15) is 37.7 Å². The highest BCUT2D eigenvalue weighted by atomic mass is 35.5. The summed E-state index contributed by atoms with van der Waals surface area (Å²) in [5.41, 5.74) is 1.53. The quantitative estimate of drug-likeness (QED) is 0.639. The fourth-order valence-electron chi connectivity index (χ4n) is 1.90. The molecule has 0 atom stereocenters. The zero-order chi connectivity index (χ0) is 15.7. The number of urea groups is 1. The van der Waals surface area contributed by atoms with E-state index in [1.54, 1.807) is 6.07 Å². The summed E-state index contributed by atoms with van der Waals surface area (Å²) in [5, 5.41) is 14.5. The molecule has 0 unspecified atom stereocenters. The fraction of sp³-hybridized carbons (Fsp3) is 0.467. The SMILES string of the molecule is Cc1cccc(Cl)c1NC(=O)NCCCCCCC(=O)O. The summed E-state index contributed by atoms with van der Waals surface area (Å²) in [4.78, 5) is 22.1. The van der Waals surface area contributed by atoms with E-state index in [4.69, 9.17) is 16.7 Å². The predicted molar refractivity (Wildman–Crippen MR) is 83.9 cm³/mol. The van der Waals surface area contributed by atoms with Crippen LogP contribution in [0.2, 0.25) is 5.02 Å². The van der Waals surface area contributed by atoms with Gasteiger partial charge in [0.1, 0.15) is 0 Å². The molecule has 0 saturated heterocycles. The Bertz CT molecular complexity index is 472. The second kappa shape index (κ2) is 9.23. The van der Waals surface area contributed by atoms with Crippen LogP contribution in [0.25, 0.3) is 0 Å². The van der Waals surface area contributed by atoms with Crippen molar-refractivity contribution in [2.75, 3.05) is 11.9 Å². The average Bonchev–Trinajstić information content (AvgIpc) is 2.41. The van der Waals surface area contributed by atoms with Crippen LogP contribution >= 0.6 is 11.6 Å². The third-order valence-electron chi connectivity index (χ3n) is 3.06. The van der Waals surface area contributed by atoms with Crippen LogP contribution in [0.3, 0.4) is 0 Å². The van der Waals surface area contributed by atoms with Crippen LogP contribution in [0, 0.1) is 6.92 Å². The van der Waals surface area contributed by atoms with E-state index in [2.05, 4.69) is 10.6 Å². The minimum absolute atomic E-state index is 0.208. The number of anilines is 1. The Morgan fingerprint density at radius 1 is 1.19 bits per heavy atom. The molecule has 1 aromatic rings. The normalized spacial score (nSPS) is 10.2. The highest BCUT2D eigenvalue weighted by molar-refractivity contribution is 6.33. The number of unbranched alkanes of at least 4 members (excludes halogenated alkanes) is 3. The van der Waals surface area contributed by atoms with Crippen LogP contribution in [-0.4, -0.2) is 23.7 Å². The number of nitrogens with one attached hydrogen (secondary N) is 2. The second-order valence-electron chi connectivity index (χ2n) is 4.87. The van der Waals surface area contributed by atoms with Gasteiger partial charge in [-0.1, -0.05) is 36.6 Å². The topological polar surface area (TPSA) is 78.4 Å². The standard InChI is InChI=1S/C15H21ClN2O3/c1-11-7-6-8-12(16)14(11)18-15(21)17-10-5-3-2-4-9-13(19)20/h6-8H,2-5,9-10H2,1H3,(H,19,20)(H2,17,18,21). The molecular weight excluding hydrogens is 292 g/mol. The molecule has 0 fully saturated rings. The number of benzene rings is 1. The Labute approximate surface area is 129 Å². The number of carboxylic acid groups (broad SMARTS) is 1. The van der Waals surface area contributed by atoms with E-state index in [1.807, 2.05) is 19.1 Å². The van der Waals surface area contributed by atoms with Crippen molar-refractivity contribution in [2.45, 2.75) is 39.0 Å². The zero-order valence-corrected chi connectivity index (χ0v) is 12.9. The molecule has 0 aliphatic rings. The number of amides is 2. The highest BCUT2D eigenvalue weighted by Crippen LogP contribution is 2.24. The van der Waals surface area contributed by atoms with Gasteiger partial charge in [-0.05, 0) is 31.4 Å². The molecule has 0 radical (unpaired) electrons. The molecule has 0 aliphatic heterocycles. The number of halogens is 1. The van der Waals surface area contributed by atoms with E-state index in [9.17, 15) is 9.59 Å². The zero-order valence-electron chi connectivity index (χ0n) is 12.1. The molecular formula is C15H21ClN2O3. The van der Waals surface area contributed by atoms with Crippen molar-refractivity contribution in [2.24, 2.45) is 0 Å². The molecule has 0 saturated carbocycles. The number of carbonyl (C=O) groups excluding carboxylic acids is 1. The predicted octanol–water partition coefficient (Wildman–Crippen LogP) is 3.81. The lowest BCUT2D eigenvalue weighted by Gasteiger charge is -2.11. The maximum absolute atomic E-state index is 11.7. The van der Waals surface area contributed by atoms with Gasteiger partial charge in [-0.25, -0.2) is 4.79 Å². The van der Waals surface area contributed by atoms with Gasteiger partial charge in [0.05, 0.1) is 10.7 Å². The van der Waals surface area contributed by atoms with E-state index < -0.39 is 5.97 Å². The first-order chi connectivity index (χ1) is 10.0. The number of carbonyl (C=O) groups is 2. The van der Waals surface area contributed by atoms with Crippen LogP contribution < -0.4 is 10.6 Å². The Hall–Kier alpha value is -1.75. The fourth-order valence-corrected chi connectivity index (χ4v) is 2.17. The third kappa shape index (κ3) is 6.99. The largest absolute Gasteiger partial charge is 0.481 e. The lowest BCUT2D eigenvalue weighted by molar-refractivity contribution is -0.137. The van der Waals surface area contributed by atoms with E-state index in [1.165, 1.54) is 0 Å². The maximum Gasteiger partial charge on any atom is 0.319 e. The number of hydrogen-bond acceptors (Lipinski definition) is 2. The Balaban J connectivity index is 2.19. The van der Waals surface area contributed by atoms with Gasteiger partial charge in [-0.2, -0.15) is 0 Å². The smallest absolute Gasteiger partial charge is 0.319 e. The maximum atomic E-state index is 11.7. The lowest BCUT2D eigenvalue weighted by atomic mass is 10.1. The first kappa shape index (κ1) is 17.3. The summed E-state index contributed by atoms with van der Waals surface area (Å²) in [6.07, 6.45) is 3.48. The van der Waals surface area contributed by atoms with Crippen LogP contribution in [0.15, 0.2) is 18.2 Å². The van der Waals surface area contributed by atoms with Crippen LogP contribution in [-0.2, 0) is 4.79 Å². The van der Waals surface area contributed by atoms with Crippen molar-refractivity contribution >= 4 is 29.3 Å². The number of carboxylic acids is 1. The Kier molecular flexibility index (Phi) is 7.61. The minimum atomic E-state index is -0.761. The van der Waals surface area contributed by atoms with Gasteiger partial charge in [-0.3, -0.25) is 4.79 Å². The molecule has 3 N–H and O–H groups in total. The van der Waals surface area contributed by atoms with Gasteiger partial charge in [-0.15, -0.1) is 0 Å². The van der Waals surface area contributed by atoms with Gasteiger partial charge in [0.2, 0.25) is 0 Å². The van der Waals surface area contributed by atoms with Crippen molar-refractivity contribution < 1.29 is 14.7 Å². The summed E-state index contributed by atoms with van der Waals surface area (Å²) in [7, 11) is 0. The first-order valence-corrected chi connectivity index (χ1v) is 7.40. The van der Waals surface area contributed by atoms with Crippen molar-refractivity contribution in [1.82, 2.24) is 5.32 Å². The molecule has 6 heteroatoms. The van der Waals surface area contributed by atoms with E-state index in [0.29, 0.717) is 23.7 Å². The van der Waals surface area contributed by atoms with E-state index >= 15 is 0 Å². The van der Waals surface area contributed by atoms with Crippen molar-refractivity contribution in [3.8, 4) is 0 Å². The summed E-state index contributed by atoms with van der Waals surface area (Å²) in [6, 6.07) is 5.16. The van der Waals surface area contributed by atoms with Crippen molar-refractivity contribution in [1.29, 1.82) is 0 Å². The summed E-state index contributed by atoms with van der Waals surface area (Å²) in [5.74, 6) is -0.761. The van der Waals surface area contributed by atoms with Crippen LogP contribution in [0.5, 0.6) is 0 Å². The highest BCUT2D eigenvalue weighted by Gasteiger charge is 2.07. The lowest BCUT2D eigenvalue weighted by Crippen LogP contribution is -2.29. The minimum Gasteiger partial charge on any atom is -0.481 e. The summed E-state index contributed by atoms with van der Waals surface area (Å²) < 4.78 is 0. The molecule has 1 aromatic carbocycles.